The topological polar surface area (TPSA) is 80.0 Å². The van der Waals surface area contributed by atoms with Gasteiger partial charge in [0, 0.05) is 4.90 Å². The van der Waals surface area contributed by atoms with E-state index in [-0.39, 0.29) is 5.66 Å². The van der Waals surface area contributed by atoms with Crippen LogP contribution >= 0.6 is 11.8 Å². The number of benzene rings is 1. The van der Waals surface area contributed by atoms with Crippen LogP contribution in [0.15, 0.2) is 39.1 Å². The minimum atomic E-state index is -0.364. The van der Waals surface area contributed by atoms with Crippen LogP contribution in [0.1, 0.15) is 45.4 Å². The van der Waals surface area contributed by atoms with Gasteiger partial charge in [-0.05, 0) is 50.0 Å². The van der Waals surface area contributed by atoms with Gasteiger partial charge in [0.05, 0.1) is 5.69 Å². The van der Waals surface area contributed by atoms with E-state index in [1.54, 1.807) is 0 Å². The van der Waals surface area contributed by atoms with Gasteiger partial charge in [-0.2, -0.15) is 4.99 Å². The molecule has 0 atom stereocenters. The molecule has 1 aromatic carbocycles. The number of guanidine groups is 2. The summed E-state index contributed by atoms with van der Waals surface area (Å²) in [6.07, 6.45) is 6.61. The molecule has 2 aliphatic rings. The van der Waals surface area contributed by atoms with Gasteiger partial charge >= 0.3 is 0 Å². The van der Waals surface area contributed by atoms with Gasteiger partial charge < -0.3 is 11.5 Å². The summed E-state index contributed by atoms with van der Waals surface area (Å²) >= 11 is 1.86. The Kier molecular flexibility index (Phi) is 4.80. The first-order valence-corrected chi connectivity index (χ1v) is 9.36. The highest BCUT2D eigenvalue weighted by Gasteiger charge is 2.43. The third kappa shape index (κ3) is 3.17. The number of hydrogen-bond donors (Lipinski definition) is 2. The van der Waals surface area contributed by atoms with Gasteiger partial charge in [-0.25, -0.2) is 4.99 Å². The number of thioether (sulfide) groups is 1. The van der Waals surface area contributed by atoms with Crippen molar-refractivity contribution in [1.29, 1.82) is 0 Å². The quantitative estimate of drug-likeness (QED) is 0.830. The van der Waals surface area contributed by atoms with Crippen molar-refractivity contribution >= 4 is 29.4 Å². The molecular weight excluding hydrogens is 306 g/mol. The molecule has 0 unspecified atom stereocenters. The van der Waals surface area contributed by atoms with Crippen LogP contribution in [-0.2, 0) is 0 Å². The second-order valence-electron chi connectivity index (χ2n) is 6.13. The van der Waals surface area contributed by atoms with E-state index in [1.165, 1.54) is 11.3 Å². The zero-order valence-electron chi connectivity index (χ0n) is 13.7. The molecule has 23 heavy (non-hydrogen) atoms. The van der Waals surface area contributed by atoms with Gasteiger partial charge in [-0.15, -0.1) is 11.8 Å². The number of nitrogens with two attached hydrogens (primary N) is 2. The average molecular weight is 331 g/mol. The summed E-state index contributed by atoms with van der Waals surface area (Å²) in [4.78, 5) is 12.4. The SMILES string of the molecule is CCCSc1ccccc1N1C(N)=NC(N)=NC12CCCCC2. The molecule has 0 aromatic heterocycles. The Bertz CT molecular complexity index is 619. The van der Waals surface area contributed by atoms with Crippen LogP contribution in [0.4, 0.5) is 5.69 Å². The second-order valence-corrected chi connectivity index (χ2v) is 7.27. The Morgan fingerprint density at radius 2 is 1.91 bits per heavy atom. The van der Waals surface area contributed by atoms with Crippen molar-refractivity contribution in [1.82, 2.24) is 0 Å². The zero-order chi connectivity index (χ0) is 16.3. The number of para-hydroxylation sites is 1. The Morgan fingerprint density at radius 1 is 1.17 bits per heavy atom. The number of rotatable bonds is 4. The molecule has 124 valence electrons. The summed E-state index contributed by atoms with van der Waals surface area (Å²) in [5, 5.41) is 0. The van der Waals surface area contributed by atoms with E-state index in [2.05, 4.69) is 41.1 Å². The lowest BCUT2D eigenvalue weighted by atomic mass is 9.87. The molecule has 3 rings (SSSR count). The highest BCUT2D eigenvalue weighted by Crippen LogP contribution is 2.42. The molecule has 0 amide bonds. The van der Waals surface area contributed by atoms with E-state index in [0.29, 0.717) is 11.9 Å². The van der Waals surface area contributed by atoms with Crippen LogP contribution in [0, 0.1) is 0 Å². The molecule has 1 aliphatic heterocycles. The molecule has 1 aromatic rings. The predicted octanol–water partition coefficient (Wildman–Crippen LogP) is 3.30. The number of aliphatic imine (C=N–C) groups is 2. The van der Waals surface area contributed by atoms with E-state index in [4.69, 9.17) is 16.5 Å². The van der Waals surface area contributed by atoms with Crippen LogP contribution in [0.25, 0.3) is 0 Å². The standard InChI is InChI=1S/C17H25N5S/c1-2-12-23-14-9-5-4-8-13(14)22-16(19)20-15(18)21-17(22)10-6-3-7-11-17/h4-5,8-9H,2-3,6-7,10-12H2,1H3,(H4,18,19,20,21). The Balaban J connectivity index is 2.04. The molecule has 5 nitrogen and oxygen atoms in total. The van der Waals surface area contributed by atoms with Crippen molar-refractivity contribution in [3.8, 4) is 0 Å². The Hall–Kier alpha value is -1.69. The van der Waals surface area contributed by atoms with Crippen molar-refractivity contribution in [3.63, 3.8) is 0 Å². The molecule has 1 saturated carbocycles. The Labute approximate surface area is 142 Å². The summed E-state index contributed by atoms with van der Waals surface area (Å²) < 4.78 is 0. The first kappa shape index (κ1) is 16.2. The first-order chi connectivity index (χ1) is 11.2. The minimum absolute atomic E-state index is 0.305. The molecule has 1 spiro atoms. The molecule has 0 bridgehead atoms. The second kappa shape index (κ2) is 6.83. The van der Waals surface area contributed by atoms with Gasteiger partial charge in [0.2, 0.25) is 11.9 Å². The van der Waals surface area contributed by atoms with Crippen LogP contribution in [-0.4, -0.2) is 23.3 Å². The fraction of sp³-hybridized carbons (Fsp3) is 0.529. The summed E-state index contributed by atoms with van der Waals surface area (Å²) in [5.41, 5.74) is 13.0. The van der Waals surface area contributed by atoms with Gasteiger partial charge in [0.15, 0.2) is 0 Å². The molecule has 1 heterocycles. The summed E-state index contributed by atoms with van der Waals surface area (Å²) in [5.74, 6) is 1.85. The number of anilines is 1. The van der Waals surface area contributed by atoms with E-state index in [1.807, 2.05) is 11.8 Å². The van der Waals surface area contributed by atoms with E-state index >= 15 is 0 Å². The molecule has 1 fully saturated rings. The lowest BCUT2D eigenvalue weighted by Crippen LogP contribution is -2.58. The maximum atomic E-state index is 6.31. The normalized spacial score (nSPS) is 20.3. The minimum Gasteiger partial charge on any atom is -0.369 e. The highest BCUT2D eigenvalue weighted by atomic mass is 32.2. The highest BCUT2D eigenvalue weighted by molar-refractivity contribution is 7.99. The number of nitrogens with zero attached hydrogens (tertiary/aromatic N) is 3. The largest absolute Gasteiger partial charge is 0.369 e. The molecule has 0 radical (unpaired) electrons. The van der Waals surface area contributed by atoms with E-state index in [9.17, 15) is 0 Å². The van der Waals surface area contributed by atoms with Crippen molar-refractivity contribution in [2.45, 2.75) is 56.0 Å². The smallest absolute Gasteiger partial charge is 0.220 e. The molecule has 6 heteroatoms. The van der Waals surface area contributed by atoms with Crippen molar-refractivity contribution in [3.05, 3.63) is 24.3 Å². The third-order valence-electron chi connectivity index (χ3n) is 4.42. The predicted molar refractivity (Wildman–Crippen MR) is 99.0 cm³/mol. The van der Waals surface area contributed by atoms with E-state index < -0.39 is 0 Å². The Morgan fingerprint density at radius 3 is 2.65 bits per heavy atom. The molecule has 1 aliphatic carbocycles. The van der Waals surface area contributed by atoms with Gasteiger partial charge in [-0.1, -0.05) is 25.5 Å². The number of hydrogen-bond acceptors (Lipinski definition) is 6. The average Bonchev–Trinajstić information content (AvgIpc) is 2.54. The molecular formula is C17H25N5S. The zero-order valence-corrected chi connectivity index (χ0v) is 14.5. The fourth-order valence-corrected chi connectivity index (χ4v) is 4.35. The maximum Gasteiger partial charge on any atom is 0.220 e. The summed E-state index contributed by atoms with van der Waals surface area (Å²) in [6.45, 7) is 2.19. The molecule has 0 saturated heterocycles. The monoisotopic (exact) mass is 331 g/mol. The van der Waals surface area contributed by atoms with Crippen LogP contribution in [0.5, 0.6) is 0 Å². The van der Waals surface area contributed by atoms with Crippen LogP contribution in [0.2, 0.25) is 0 Å². The van der Waals surface area contributed by atoms with Gasteiger partial charge in [0.1, 0.15) is 5.66 Å². The maximum absolute atomic E-state index is 6.31. The lowest BCUT2D eigenvalue weighted by Gasteiger charge is -2.46. The summed E-state index contributed by atoms with van der Waals surface area (Å²) in [6, 6.07) is 8.40. The van der Waals surface area contributed by atoms with Gasteiger partial charge in [0.25, 0.3) is 0 Å². The molecule has 4 N–H and O–H groups in total. The van der Waals surface area contributed by atoms with Crippen LogP contribution in [0.3, 0.4) is 0 Å². The van der Waals surface area contributed by atoms with Crippen molar-refractivity contribution in [2.24, 2.45) is 21.5 Å². The van der Waals surface area contributed by atoms with Crippen molar-refractivity contribution in [2.75, 3.05) is 10.7 Å². The van der Waals surface area contributed by atoms with Crippen LogP contribution < -0.4 is 16.4 Å². The van der Waals surface area contributed by atoms with Gasteiger partial charge in [-0.3, -0.25) is 4.90 Å². The fourth-order valence-electron chi connectivity index (χ4n) is 3.45. The lowest BCUT2D eigenvalue weighted by molar-refractivity contribution is 0.305. The third-order valence-corrected chi connectivity index (χ3v) is 5.69. The first-order valence-electron chi connectivity index (χ1n) is 8.38. The summed E-state index contributed by atoms with van der Waals surface area (Å²) in [7, 11) is 0. The van der Waals surface area contributed by atoms with Crippen molar-refractivity contribution < 1.29 is 0 Å². The van der Waals surface area contributed by atoms with E-state index in [0.717, 1.165) is 43.5 Å².